The summed E-state index contributed by atoms with van der Waals surface area (Å²) in [6.45, 7) is 0. The van der Waals surface area contributed by atoms with E-state index in [0.717, 1.165) is 27.8 Å². The highest BCUT2D eigenvalue weighted by Crippen LogP contribution is 2.06. The second-order valence-corrected chi connectivity index (χ2v) is 5.94. The molecule has 6 nitrogen and oxygen atoms in total. The smallest absolute Gasteiger partial charge is 0.361 e. The number of para-hydroxylation sites is 1. The largest absolute Gasteiger partial charge is 0.478 e. The summed E-state index contributed by atoms with van der Waals surface area (Å²) in [5, 5.41) is 10.8. The number of nitrogens with zero attached hydrogens (tertiary/aromatic N) is 1. The molecule has 2 heterocycles. The Hall–Kier alpha value is -3.93. The average Bonchev–Trinajstić information content (AvgIpc) is 3.25. The molecule has 0 saturated carbocycles. The highest BCUT2D eigenvalue weighted by molar-refractivity contribution is 5.85. The van der Waals surface area contributed by atoms with Gasteiger partial charge in [-0.1, -0.05) is 42.5 Å². The molecule has 0 fully saturated rings. The van der Waals surface area contributed by atoms with Gasteiger partial charge >= 0.3 is 11.6 Å². The van der Waals surface area contributed by atoms with E-state index in [0.29, 0.717) is 16.6 Å². The van der Waals surface area contributed by atoms with Crippen molar-refractivity contribution in [2.75, 3.05) is 0 Å². The van der Waals surface area contributed by atoms with Crippen LogP contribution in [0.4, 0.5) is 0 Å². The number of aromatic nitrogens is 1. The first-order valence-corrected chi connectivity index (χ1v) is 8.20. The predicted molar refractivity (Wildman–Crippen MR) is 100 cm³/mol. The van der Waals surface area contributed by atoms with Gasteiger partial charge in [0.1, 0.15) is 11.0 Å². The number of hydrogen-bond acceptors (Lipinski definition) is 4. The lowest BCUT2D eigenvalue weighted by molar-refractivity contribution is -0.131. The average molecular weight is 358 g/mol. The number of aliphatic carboxylic acids is 1. The van der Waals surface area contributed by atoms with Crippen LogP contribution in [0, 0.1) is 0 Å². The lowest BCUT2D eigenvalue weighted by Gasteiger charge is -1.94. The molecule has 0 unspecified atom stereocenters. The number of oxazole rings is 1. The molecule has 0 aliphatic carbocycles. The molecular formula is C21H14N2O4. The number of carboxylic acids is 1. The summed E-state index contributed by atoms with van der Waals surface area (Å²) in [6, 6.07) is 14.8. The Balaban J connectivity index is 1.72. The lowest BCUT2D eigenvalue weighted by atomic mass is 10.1. The highest BCUT2D eigenvalue weighted by atomic mass is 16.4. The highest BCUT2D eigenvalue weighted by Gasteiger charge is 2.05. The van der Waals surface area contributed by atoms with E-state index in [1.807, 2.05) is 30.3 Å². The maximum atomic E-state index is 12.1. The van der Waals surface area contributed by atoms with Gasteiger partial charge in [-0.2, -0.15) is 0 Å². The summed E-state index contributed by atoms with van der Waals surface area (Å²) in [5.74, 6) is -1.00. The Morgan fingerprint density at radius 3 is 2.56 bits per heavy atom. The Labute approximate surface area is 152 Å². The van der Waals surface area contributed by atoms with E-state index < -0.39 is 11.6 Å². The summed E-state index contributed by atoms with van der Waals surface area (Å²) in [6.07, 6.45) is 6.10. The Morgan fingerprint density at radius 1 is 1.07 bits per heavy atom. The Kier molecular flexibility index (Phi) is 4.14. The molecule has 1 aromatic heterocycles. The van der Waals surface area contributed by atoms with Gasteiger partial charge in [-0.05, 0) is 35.4 Å². The molecule has 1 aliphatic heterocycles. The van der Waals surface area contributed by atoms with Gasteiger partial charge in [0, 0.05) is 11.3 Å². The van der Waals surface area contributed by atoms with Crippen molar-refractivity contribution in [3.05, 3.63) is 97.6 Å². The van der Waals surface area contributed by atoms with Crippen molar-refractivity contribution >= 4 is 29.9 Å². The van der Waals surface area contributed by atoms with E-state index in [4.69, 9.17) is 9.52 Å². The standard InChI is InChI=1S/C21H14N2O4/c24-19(25)10-9-13-5-7-14(8-6-13)11-18-21(26)27-20(23-18)17-12-15-3-1-2-4-16(15)22-17/h1-12,23H,(H,24,25)/b10-9+,18-11-,20-17+. The summed E-state index contributed by atoms with van der Waals surface area (Å²) < 4.78 is 5.31. The van der Waals surface area contributed by atoms with Gasteiger partial charge < -0.3 is 14.5 Å². The third-order valence-corrected chi connectivity index (χ3v) is 4.03. The predicted octanol–water partition coefficient (Wildman–Crippen LogP) is 0.117. The molecule has 4 rings (SSSR count). The maximum Gasteiger partial charge on any atom is 0.361 e. The van der Waals surface area contributed by atoms with Crippen LogP contribution in [-0.4, -0.2) is 16.1 Å². The topological polar surface area (TPSA) is 95.7 Å². The van der Waals surface area contributed by atoms with Crippen LogP contribution in [0.2, 0.25) is 0 Å². The molecule has 3 aromatic rings. The molecule has 6 heteroatoms. The van der Waals surface area contributed by atoms with E-state index in [1.165, 1.54) is 6.08 Å². The van der Waals surface area contributed by atoms with Gasteiger partial charge in [0.2, 0.25) is 5.55 Å². The number of carboxylic acid groups (broad SMARTS) is 1. The second kappa shape index (κ2) is 6.76. The van der Waals surface area contributed by atoms with Crippen LogP contribution in [0.3, 0.4) is 0 Å². The number of nitrogens with one attached hydrogen (secondary N) is 1. The van der Waals surface area contributed by atoms with Gasteiger partial charge in [0.05, 0.1) is 5.36 Å². The van der Waals surface area contributed by atoms with Crippen LogP contribution >= 0.6 is 0 Å². The zero-order valence-corrected chi connectivity index (χ0v) is 14.0. The zero-order valence-electron chi connectivity index (χ0n) is 14.0. The Bertz CT molecular complexity index is 1320. The summed E-state index contributed by atoms with van der Waals surface area (Å²) in [5.41, 5.74) is 1.93. The second-order valence-electron chi connectivity index (χ2n) is 5.94. The number of hydrogen-bond donors (Lipinski definition) is 2. The quantitative estimate of drug-likeness (QED) is 0.650. The van der Waals surface area contributed by atoms with Crippen LogP contribution in [0.15, 0.2) is 68.8 Å². The molecular weight excluding hydrogens is 344 g/mol. The fourth-order valence-corrected chi connectivity index (χ4v) is 2.73. The number of carbonyl (C=O) groups is 1. The fraction of sp³-hybridized carbons (Fsp3) is 0. The number of aromatic amines is 1. The van der Waals surface area contributed by atoms with Gasteiger partial charge in [0.25, 0.3) is 0 Å². The van der Waals surface area contributed by atoms with Crippen LogP contribution in [0.25, 0.3) is 23.9 Å². The molecule has 0 saturated heterocycles. The van der Waals surface area contributed by atoms with Gasteiger partial charge in [0.15, 0.2) is 0 Å². The van der Waals surface area contributed by atoms with E-state index in [9.17, 15) is 9.59 Å². The molecule has 0 spiro atoms. The normalized spacial score (nSPS) is 15.5. The van der Waals surface area contributed by atoms with Crippen molar-refractivity contribution in [2.45, 2.75) is 0 Å². The molecule has 2 aromatic carbocycles. The van der Waals surface area contributed by atoms with Gasteiger partial charge in [-0.3, -0.25) is 0 Å². The van der Waals surface area contributed by atoms with E-state index >= 15 is 0 Å². The van der Waals surface area contributed by atoms with E-state index in [2.05, 4.69) is 9.98 Å². The maximum absolute atomic E-state index is 12.1. The van der Waals surface area contributed by atoms with E-state index in [1.54, 1.807) is 30.3 Å². The van der Waals surface area contributed by atoms with Crippen molar-refractivity contribution in [3.8, 4) is 0 Å². The number of H-pyrrole nitrogens is 1. The van der Waals surface area contributed by atoms with E-state index in [-0.39, 0.29) is 0 Å². The van der Waals surface area contributed by atoms with Crippen molar-refractivity contribution in [1.29, 1.82) is 0 Å². The number of fused-ring (bicyclic) bond motifs is 1. The third-order valence-electron chi connectivity index (χ3n) is 4.03. The first-order valence-electron chi connectivity index (χ1n) is 8.20. The molecule has 27 heavy (non-hydrogen) atoms. The van der Waals surface area contributed by atoms with Gasteiger partial charge in [-0.15, -0.1) is 0 Å². The molecule has 0 radical (unpaired) electrons. The molecule has 0 atom stereocenters. The Morgan fingerprint density at radius 2 is 1.81 bits per heavy atom. The monoisotopic (exact) mass is 358 g/mol. The summed E-state index contributed by atoms with van der Waals surface area (Å²) in [7, 11) is 0. The summed E-state index contributed by atoms with van der Waals surface area (Å²) in [4.78, 5) is 30.1. The fourth-order valence-electron chi connectivity index (χ4n) is 2.73. The minimum Gasteiger partial charge on any atom is -0.478 e. The van der Waals surface area contributed by atoms with Crippen LogP contribution in [-0.2, 0) is 4.79 Å². The zero-order chi connectivity index (χ0) is 18.8. The lowest BCUT2D eigenvalue weighted by Crippen LogP contribution is -2.21. The SMILES string of the molecule is O=C(O)/C=C/c1ccc(/C=c2\[nH]/c(=C3/C=c4ccccc4=N3)oc2=O)cc1. The van der Waals surface area contributed by atoms with Crippen LogP contribution < -0.4 is 27.1 Å². The van der Waals surface area contributed by atoms with Crippen LogP contribution in [0.5, 0.6) is 0 Å². The summed E-state index contributed by atoms with van der Waals surface area (Å²) >= 11 is 0. The third kappa shape index (κ3) is 3.55. The molecule has 2 N–H and O–H groups in total. The minimum atomic E-state index is -1.00. The number of rotatable bonds is 3. The van der Waals surface area contributed by atoms with Gasteiger partial charge in [-0.25, -0.2) is 14.6 Å². The minimum absolute atomic E-state index is 0.309. The van der Waals surface area contributed by atoms with Crippen molar-refractivity contribution in [3.63, 3.8) is 0 Å². The first-order chi connectivity index (χ1) is 13.1. The first kappa shape index (κ1) is 16.5. The molecule has 132 valence electrons. The van der Waals surface area contributed by atoms with Crippen molar-refractivity contribution < 1.29 is 14.3 Å². The number of benzene rings is 2. The molecule has 0 bridgehead atoms. The molecule has 1 aliphatic rings. The molecule has 0 amide bonds. The van der Waals surface area contributed by atoms with Crippen LogP contribution in [0.1, 0.15) is 11.1 Å². The van der Waals surface area contributed by atoms with Crippen molar-refractivity contribution in [1.82, 2.24) is 4.98 Å². The van der Waals surface area contributed by atoms with Crippen molar-refractivity contribution in [2.24, 2.45) is 4.99 Å².